The molecule has 8 nitrogen and oxygen atoms in total. The van der Waals surface area contributed by atoms with Crippen LogP contribution in [0.1, 0.15) is 6.92 Å². The molecule has 2 atom stereocenters. The summed E-state index contributed by atoms with van der Waals surface area (Å²) in [4.78, 5) is 42.0. The highest BCUT2D eigenvalue weighted by atomic mass is 32.2. The van der Waals surface area contributed by atoms with Crippen LogP contribution < -0.4 is 4.84 Å². The van der Waals surface area contributed by atoms with E-state index in [1.54, 1.807) is 0 Å². The third-order valence-corrected chi connectivity index (χ3v) is 4.94. The van der Waals surface area contributed by atoms with Crippen LogP contribution in [0.15, 0.2) is 36.0 Å². The van der Waals surface area contributed by atoms with Crippen molar-refractivity contribution in [2.75, 3.05) is 5.75 Å². The summed E-state index contributed by atoms with van der Waals surface area (Å²) in [5.74, 6) is -1.32. The summed E-state index contributed by atoms with van der Waals surface area (Å²) in [5, 5.41) is 18.9. The summed E-state index contributed by atoms with van der Waals surface area (Å²) >= 11 is 1.26. The van der Waals surface area contributed by atoms with Gasteiger partial charge in [-0.3, -0.25) is 9.59 Å². The van der Waals surface area contributed by atoms with Gasteiger partial charge in [-0.2, -0.15) is 5.06 Å². The number of fused-ring (bicyclic) bond motifs is 1. The quantitative estimate of drug-likeness (QED) is 0.610. The Morgan fingerprint density at radius 3 is 2.58 bits per heavy atom. The minimum absolute atomic E-state index is 0.0526. The average molecular weight is 350 g/mol. The molecule has 1 saturated heterocycles. The van der Waals surface area contributed by atoms with E-state index in [1.807, 2.05) is 0 Å². The largest absolute Gasteiger partial charge is 0.508 e. The topological polar surface area (TPSA) is 107 Å². The number of phenolic OH excluding ortho intramolecular Hbond substituents is 1. The number of phenols is 1. The van der Waals surface area contributed by atoms with Crippen LogP contribution in [0.25, 0.3) is 0 Å². The van der Waals surface area contributed by atoms with Crippen LogP contribution >= 0.6 is 11.8 Å². The van der Waals surface area contributed by atoms with Gasteiger partial charge in [0.2, 0.25) is 0 Å². The fourth-order valence-electron chi connectivity index (χ4n) is 2.43. The molecule has 1 aromatic carbocycles. The van der Waals surface area contributed by atoms with Crippen molar-refractivity contribution >= 4 is 29.5 Å². The first-order valence-electron chi connectivity index (χ1n) is 7.03. The molecular weight excluding hydrogens is 336 g/mol. The predicted molar refractivity (Wildman–Crippen MR) is 83.9 cm³/mol. The molecular formula is C15H14N2O6S. The van der Waals surface area contributed by atoms with E-state index in [0.717, 1.165) is 5.06 Å². The highest BCUT2D eigenvalue weighted by Crippen LogP contribution is 2.39. The van der Waals surface area contributed by atoms with Crippen molar-refractivity contribution in [1.29, 1.82) is 0 Å². The summed E-state index contributed by atoms with van der Waals surface area (Å²) < 4.78 is 0. The van der Waals surface area contributed by atoms with Gasteiger partial charge in [-0.25, -0.2) is 4.79 Å². The van der Waals surface area contributed by atoms with Gasteiger partial charge in [-0.15, -0.1) is 11.8 Å². The van der Waals surface area contributed by atoms with Gasteiger partial charge in [-0.1, -0.05) is 0 Å². The number of carboxylic acids is 1. The van der Waals surface area contributed by atoms with E-state index in [4.69, 9.17) is 9.94 Å². The number of thioether (sulfide) groups is 1. The number of aromatic hydroxyl groups is 1. The lowest BCUT2D eigenvalue weighted by Crippen LogP contribution is -2.69. The molecule has 1 unspecified atom stereocenters. The number of nitrogens with zero attached hydrogens (tertiary/aromatic N) is 2. The highest BCUT2D eigenvalue weighted by molar-refractivity contribution is 8.00. The van der Waals surface area contributed by atoms with Crippen molar-refractivity contribution in [2.24, 2.45) is 0 Å². The molecule has 3 rings (SSSR count). The van der Waals surface area contributed by atoms with Crippen molar-refractivity contribution in [2.45, 2.75) is 18.3 Å². The first-order chi connectivity index (χ1) is 11.4. The molecule has 2 amide bonds. The van der Waals surface area contributed by atoms with Gasteiger partial charge in [0.1, 0.15) is 11.1 Å². The Balaban J connectivity index is 1.79. The van der Waals surface area contributed by atoms with Crippen LogP contribution in [0, 0.1) is 0 Å². The standard InChI is InChI=1S/C15H14N2O6S/c1-8(18)17(23-11-4-2-10(19)3-5-11)12-13(20)16-6-9(15(21)22)7-24-14(12)16/h2-6,12,14,19H,7H2,1H3,(H,21,22)/t12?,14-/m1/s1. The zero-order valence-electron chi connectivity index (χ0n) is 12.6. The Labute approximate surface area is 141 Å². The molecule has 24 heavy (non-hydrogen) atoms. The number of benzene rings is 1. The number of amides is 2. The molecule has 0 saturated carbocycles. The molecule has 2 N–H and O–H groups in total. The fourth-order valence-corrected chi connectivity index (χ4v) is 3.71. The number of carboxylic acid groups (broad SMARTS) is 1. The maximum absolute atomic E-state index is 12.3. The third kappa shape index (κ3) is 2.78. The number of hydrogen-bond acceptors (Lipinski definition) is 6. The van der Waals surface area contributed by atoms with Gasteiger partial charge < -0.3 is 20.0 Å². The van der Waals surface area contributed by atoms with E-state index in [9.17, 15) is 19.5 Å². The number of aliphatic carboxylic acids is 1. The summed E-state index contributed by atoms with van der Waals surface area (Å²) in [7, 11) is 0. The summed E-state index contributed by atoms with van der Waals surface area (Å²) in [6.45, 7) is 1.28. The number of rotatable bonds is 4. The van der Waals surface area contributed by atoms with Crippen LogP contribution in [0.5, 0.6) is 11.5 Å². The Bertz CT molecular complexity index is 732. The zero-order valence-corrected chi connectivity index (χ0v) is 13.4. The molecule has 2 heterocycles. The number of hydroxylamine groups is 2. The zero-order chi connectivity index (χ0) is 17.4. The number of β-lactam (4-membered cyclic amide) rings is 1. The number of hydrogen-bond donors (Lipinski definition) is 2. The summed E-state index contributed by atoms with van der Waals surface area (Å²) in [6, 6.07) is 4.93. The van der Waals surface area contributed by atoms with E-state index in [1.165, 1.54) is 54.1 Å². The van der Waals surface area contributed by atoms with Gasteiger partial charge in [0.05, 0.1) is 5.57 Å². The van der Waals surface area contributed by atoms with Crippen LogP contribution in [0.2, 0.25) is 0 Å². The molecule has 1 aromatic rings. The normalized spacial score (nSPS) is 22.1. The Hall–Kier alpha value is -2.68. The van der Waals surface area contributed by atoms with Crippen molar-refractivity contribution in [1.82, 2.24) is 9.96 Å². The SMILES string of the molecule is CC(=O)N(Oc1ccc(O)cc1)C1C(=O)N2C=C(C(=O)O)CS[C@H]12. The van der Waals surface area contributed by atoms with Crippen molar-refractivity contribution in [3.05, 3.63) is 36.0 Å². The summed E-state index contributed by atoms with van der Waals surface area (Å²) in [5.41, 5.74) is 0.136. The Morgan fingerprint density at radius 2 is 2.00 bits per heavy atom. The van der Waals surface area contributed by atoms with Crippen LogP contribution in [-0.4, -0.2) is 55.1 Å². The second-order valence-corrected chi connectivity index (χ2v) is 6.39. The molecule has 0 aliphatic carbocycles. The molecule has 126 valence electrons. The van der Waals surface area contributed by atoms with Crippen LogP contribution in [0.3, 0.4) is 0 Å². The second-order valence-electron chi connectivity index (χ2n) is 5.28. The maximum Gasteiger partial charge on any atom is 0.333 e. The average Bonchev–Trinajstić information content (AvgIpc) is 2.55. The van der Waals surface area contributed by atoms with Gasteiger partial charge >= 0.3 is 5.97 Å². The molecule has 9 heteroatoms. The Morgan fingerprint density at radius 1 is 1.33 bits per heavy atom. The molecule has 2 aliphatic rings. The molecule has 0 bridgehead atoms. The smallest absolute Gasteiger partial charge is 0.333 e. The van der Waals surface area contributed by atoms with E-state index in [-0.39, 0.29) is 22.4 Å². The first-order valence-corrected chi connectivity index (χ1v) is 8.08. The second kappa shape index (κ2) is 6.08. The van der Waals surface area contributed by atoms with Gasteiger partial charge in [0.25, 0.3) is 11.8 Å². The lowest BCUT2D eigenvalue weighted by atomic mass is 10.1. The maximum atomic E-state index is 12.3. The van der Waals surface area contributed by atoms with Crippen LogP contribution in [-0.2, 0) is 14.4 Å². The lowest BCUT2D eigenvalue weighted by Gasteiger charge is -2.49. The fraction of sp³-hybridized carbons (Fsp3) is 0.267. The first kappa shape index (κ1) is 16.2. The van der Waals surface area contributed by atoms with Crippen molar-refractivity contribution < 1.29 is 29.4 Å². The van der Waals surface area contributed by atoms with E-state index >= 15 is 0 Å². The lowest BCUT2D eigenvalue weighted by molar-refractivity contribution is -0.186. The molecule has 0 radical (unpaired) electrons. The van der Waals surface area contributed by atoms with Gasteiger partial charge in [0.15, 0.2) is 11.8 Å². The van der Waals surface area contributed by atoms with E-state index in [2.05, 4.69) is 0 Å². The van der Waals surface area contributed by atoms with Gasteiger partial charge in [0, 0.05) is 18.9 Å². The molecule has 2 aliphatic heterocycles. The summed E-state index contributed by atoms with van der Waals surface area (Å²) in [6.07, 6.45) is 1.31. The van der Waals surface area contributed by atoms with Crippen molar-refractivity contribution in [3.8, 4) is 11.5 Å². The molecule has 1 fully saturated rings. The van der Waals surface area contributed by atoms with Crippen molar-refractivity contribution in [3.63, 3.8) is 0 Å². The van der Waals surface area contributed by atoms with E-state index < -0.39 is 23.8 Å². The molecule has 0 aromatic heterocycles. The van der Waals surface area contributed by atoms with E-state index in [0.29, 0.717) is 5.75 Å². The highest BCUT2D eigenvalue weighted by Gasteiger charge is 2.54. The third-order valence-electron chi connectivity index (χ3n) is 3.63. The monoisotopic (exact) mass is 350 g/mol. The van der Waals surface area contributed by atoms with Gasteiger partial charge in [-0.05, 0) is 24.3 Å². The number of carbonyl (C=O) groups is 3. The number of carbonyl (C=O) groups excluding carboxylic acids is 2. The Kier molecular flexibility index (Phi) is 4.10. The minimum atomic E-state index is -1.07. The minimum Gasteiger partial charge on any atom is -0.508 e. The molecule has 0 spiro atoms. The predicted octanol–water partition coefficient (Wildman–Crippen LogP) is 0.787. The van der Waals surface area contributed by atoms with Crippen LogP contribution in [0.4, 0.5) is 0 Å².